The molecule has 0 spiro atoms. The van der Waals surface area contributed by atoms with Crippen molar-refractivity contribution in [1.29, 1.82) is 0 Å². The van der Waals surface area contributed by atoms with E-state index in [-0.39, 0.29) is 30.6 Å². The topological polar surface area (TPSA) is 43.8 Å². The van der Waals surface area contributed by atoms with Gasteiger partial charge in [-0.15, -0.1) is 12.4 Å². The second-order valence-electron chi connectivity index (χ2n) is 9.14. The average Bonchev–Trinajstić information content (AvgIpc) is 2.77. The predicted molar refractivity (Wildman–Crippen MR) is 126 cm³/mol. The number of piperidine rings is 1. The van der Waals surface area contributed by atoms with Gasteiger partial charge in [-0.25, -0.2) is 4.39 Å². The lowest BCUT2D eigenvalue weighted by Crippen LogP contribution is -2.46. The molecule has 1 N–H and O–H groups in total. The maximum Gasteiger partial charge on any atom is 0.416 e. The maximum absolute atomic E-state index is 13.7. The van der Waals surface area contributed by atoms with Crippen molar-refractivity contribution in [3.8, 4) is 0 Å². The van der Waals surface area contributed by atoms with E-state index in [0.29, 0.717) is 43.8 Å². The Morgan fingerprint density at radius 1 is 1.05 bits per heavy atom. The number of rotatable bonds is 6. The smallest absolute Gasteiger partial charge is 0.395 e. The largest absolute Gasteiger partial charge is 0.416 e. The minimum atomic E-state index is -4.98. The second-order valence-corrected chi connectivity index (χ2v) is 9.14. The Balaban J connectivity index is 0.00000481. The van der Waals surface area contributed by atoms with Crippen LogP contribution in [0.3, 0.4) is 0 Å². The SMILES string of the molecule is Cc1cc(F)ccc1C1CN(CCO)CCC1C(=O)N(C)Cc1cc(C(F)(F)F)cc(C(F)(F)F)c1.Cl. The minimum Gasteiger partial charge on any atom is -0.395 e. The number of β-amino-alcohol motifs (C(OH)–C–C–N with tert-alkyl or cyclic N) is 1. The predicted octanol–water partition coefficient (Wildman–Crippen LogP) is 5.65. The van der Waals surface area contributed by atoms with E-state index in [0.717, 1.165) is 10.5 Å². The van der Waals surface area contributed by atoms with Crippen LogP contribution in [0.5, 0.6) is 0 Å². The highest BCUT2D eigenvalue weighted by molar-refractivity contribution is 5.85. The molecule has 1 fully saturated rings. The monoisotopic (exact) mass is 556 g/mol. The summed E-state index contributed by atoms with van der Waals surface area (Å²) in [7, 11) is 1.34. The average molecular weight is 557 g/mol. The van der Waals surface area contributed by atoms with Gasteiger partial charge in [0.2, 0.25) is 5.91 Å². The van der Waals surface area contributed by atoms with E-state index >= 15 is 0 Å². The van der Waals surface area contributed by atoms with E-state index in [1.54, 1.807) is 13.0 Å². The minimum absolute atomic E-state index is 0. The number of likely N-dealkylation sites (tertiary alicyclic amines) is 1. The van der Waals surface area contributed by atoms with Crippen LogP contribution in [0.15, 0.2) is 36.4 Å². The lowest BCUT2D eigenvalue weighted by Gasteiger charge is -2.40. The lowest BCUT2D eigenvalue weighted by atomic mass is 9.78. The first kappa shape index (κ1) is 30.9. The molecule has 4 nitrogen and oxygen atoms in total. The number of aliphatic hydroxyl groups excluding tert-OH is 1. The molecule has 1 saturated heterocycles. The Morgan fingerprint density at radius 2 is 1.65 bits per heavy atom. The van der Waals surface area contributed by atoms with Crippen molar-refractivity contribution in [3.05, 3.63) is 70.0 Å². The third kappa shape index (κ3) is 7.58. The lowest BCUT2D eigenvalue weighted by molar-refractivity contribution is -0.143. The van der Waals surface area contributed by atoms with Crippen LogP contribution in [0.1, 0.15) is 40.2 Å². The summed E-state index contributed by atoms with van der Waals surface area (Å²) in [6, 6.07) is 5.48. The zero-order valence-corrected chi connectivity index (χ0v) is 21.0. The fourth-order valence-corrected chi connectivity index (χ4v) is 4.78. The number of amides is 1. The second kappa shape index (κ2) is 12.0. The first-order valence-electron chi connectivity index (χ1n) is 11.3. The summed E-state index contributed by atoms with van der Waals surface area (Å²) in [5.41, 5.74) is -1.82. The summed E-state index contributed by atoms with van der Waals surface area (Å²) < 4.78 is 93.1. The van der Waals surface area contributed by atoms with Gasteiger partial charge in [-0.1, -0.05) is 6.07 Å². The number of benzene rings is 2. The molecule has 2 atom stereocenters. The van der Waals surface area contributed by atoms with Crippen LogP contribution in [0.2, 0.25) is 0 Å². The summed E-state index contributed by atoms with van der Waals surface area (Å²) in [5.74, 6) is -1.89. The van der Waals surface area contributed by atoms with E-state index in [1.807, 2.05) is 4.90 Å². The zero-order chi connectivity index (χ0) is 26.8. The molecule has 2 aromatic rings. The van der Waals surface area contributed by atoms with Gasteiger partial charge >= 0.3 is 12.4 Å². The molecule has 12 heteroatoms. The van der Waals surface area contributed by atoms with Crippen LogP contribution in [-0.4, -0.2) is 54.1 Å². The zero-order valence-electron chi connectivity index (χ0n) is 20.2. The van der Waals surface area contributed by atoms with Crippen LogP contribution >= 0.6 is 12.4 Å². The first-order valence-corrected chi connectivity index (χ1v) is 11.3. The quantitative estimate of drug-likeness (QED) is 0.468. The molecule has 1 amide bonds. The molecule has 0 aromatic heterocycles. The van der Waals surface area contributed by atoms with Gasteiger partial charge in [0, 0.05) is 38.5 Å². The summed E-state index contributed by atoms with van der Waals surface area (Å²) in [4.78, 5) is 16.5. The Morgan fingerprint density at radius 3 is 2.16 bits per heavy atom. The summed E-state index contributed by atoms with van der Waals surface area (Å²) in [6.07, 6.45) is -9.60. The van der Waals surface area contributed by atoms with E-state index < -0.39 is 53.6 Å². The number of alkyl halides is 6. The normalized spacial score (nSPS) is 18.9. The molecule has 1 heterocycles. The van der Waals surface area contributed by atoms with Crippen LogP contribution in [0, 0.1) is 18.7 Å². The molecule has 1 aliphatic rings. The van der Waals surface area contributed by atoms with E-state index in [9.17, 15) is 40.6 Å². The van der Waals surface area contributed by atoms with Gasteiger partial charge in [-0.3, -0.25) is 4.79 Å². The van der Waals surface area contributed by atoms with Gasteiger partial charge in [0.05, 0.1) is 17.7 Å². The van der Waals surface area contributed by atoms with Gasteiger partial charge in [0.25, 0.3) is 0 Å². The Labute approximate surface area is 216 Å². The van der Waals surface area contributed by atoms with Crippen molar-refractivity contribution in [2.24, 2.45) is 5.92 Å². The molecule has 2 unspecified atom stereocenters. The molecule has 0 bridgehead atoms. The highest BCUT2D eigenvalue weighted by atomic mass is 35.5. The molecular formula is C25H28ClF7N2O2. The molecule has 0 saturated carbocycles. The number of nitrogens with zero attached hydrogens (tertiary/aromatic N) is 2. The number of aryl methyl sites for hydroxylation is 1. The van der Waals surface area contributed by atoms with Gasteiger partial charge < -0.3 is 14.9 Å². The van der Waals surface area contributed by atoms with Crippen molar-refractivity contribution in [3.63, 3.8) is 0 Å². The standard InChI is InChI=1S/C25H27F7N2O2.ClH/c1-15-9-19(26)3-4-20(15)22-14-34(7-8-35)6-5-21(22)23(36)33(2)13-16-10-17(24(27,28)29)12-18(11-16)25(30,31)32;/h3-4,9-12,21-22,35H,5-8,13-14H2,1-2H3;1H. The third-order valence-corrected chi connectivity index (χ3v) is 6.51. The van der Waals surface area contributed by atoms with Crippen LogP contribution in [0.25, 0.3) is 0 Å². The van der Waals surface area contributed by atoms with Gasteiger partial charge in [-0.05, 0) is 66.9 Å². The van der Waals surface area contributed by atoms with Crippen molar-refractivity contribution >= 4 is 18.3 Å². The van der Waals surface area contributed by atoms with E-state index in [2.05, 4.69) is 0 Å². The molecule has 1 aliphatic heterocycles. The van der Waals surface area contributed by atoms with Crippen molar-refractivity contribution in [2.75, 3.05) is 33.3 Å². The molecule has 2 aromatic carbocycles. The number of hydrogen-bond acceptors (Lipinski definition) is 3. The van der Waals surface area contributed by atoms with Crippen LogP contribution in [-0.2, 0) is 23.7 Å². The third-order valence-electron chi connectivity index (χ3n) is 6.51. The van der Waals surface area contributed by atoms with Crippen molar-refractivity contribution in [2.45, 2.75) is 38.2 Å². The fraction of sp³-hybridized carbons (Fsp3) is 0.480. The molecule has 0 radical (unpaired) electrons. The Bertz CT molecular complexity index is 1060. The first-order chi connectivity index (χ1) is 16.7. The number of halogens is 8. The van der Waals surface area contributed by atoms with Crippen molar-refractivity contribution < 1.29 is 40.6 Å². The fourth-order valence-electron chi connectivity index (χ4n) is 4.78. The summed E-state index contributed by atoms with van der Waals surface area (Å²) in [5, 5.41) is 9.33. The van der Waals surface area contributed by atoms with Crippen LogP contribution < -0.4 is 0 Å². The summed E-state index contributed by atoms with van der Waals surface area (Å²) >= 11 is 0. The number of carbonyl (C=O) groups excluding carboxylic acids is 1. The van der Waals surface area contributed by atoms with E-state index in [1.165, 1.54) is 19.2 Å². The number of carbonyl (C=O) groups is 1. The van der Waals surface area contributed by atoms with Gasteiger partial charge in [0.15, 0.2) is 0 Å². The number of aliphatic hydroxyl groups is 1. The summed E-state index contributed by atoms with van der Waals surface area (Å²) in [6.45, 7) is 2.40. The van der Waals surface area contributed by atoms with Gasteiger partial charge in [0.1, 0.15) is 5.82 Å². The highest BCUT2D eigenvalue weighted by Crippen LogP contribution is 2.38. The molecule has 3 rings (SSSR count). The Hall–Kier alpha value is -2.37. The van der Waals surface area contributed by atoms with Gasteiger partial charge in [-0.2, -0.15) is 26.3 Å². The molecule has 0 aliphatic carbocycles. The maximum atomic E-state index is 13.7. The highest BCUT2D eigenvalue weighted by Gasteiger charge is 2.39. The molecular weight excluding hydrogens is 529 g/mol. The van der Waals surface area contributed by atoms with E-state index in [4.69, 9.17) is 0 Å². The number of hydrogen-bond donors (Lipinski definition) is 1. The molecule has 206 valence electrons. The van der Waals surface area contributed by atoms with Crippen LogP contribution in [0.4, 0.5) is 30.7 Å². The Kier molecular flexibility index (Phi) is 10.0. The van der Waals surface area contributed by atoms with Crippen molar-refractivity contribution in [1.82, 2.24) is 9.80 Å². The molecule has 37 heavy (non-hydrogen) atoms.